The first-order chi connectivity index (χ1) is 6.29. The Kier molecular flexibility index (Phi) is 3.82. The van der Waals surface area contributed by atoms with Crippen LogP contribution in [-0.2, 0) is 4.79 Å². The Morgan fingerprint density at radius 1 is 1.62 bits per heavy atom. The molecular weight excluding hydrogens is 168 g/mol. The largest absolute Gasteiger partial charge is 0.481 e. The second-order valence-corrected chi connectivity index (χ2v) is 2.70. The van der Waals surface area contributed by atoms with E-state index in [1.54, 1.807) is 6.26 Å². The van der Waals surface area contributed by atoms with E-state index in [-0.39, 0.29) is 6.42 Å². The summed E-state index contributed by atoms with van der Waals surface area (Å²) in [5.74, 6) is 0.0572. The number of furan rings is 1. The molecule has 0 saturated heterocycles. The van der Waals surface area contributed by atoms with Gasteiger partial charge in [-0.25, -0.2) is 0 Å². The van der Waals surface area contributed by atoms with Crippen LogP contribution in [0.25, 0.3) is 6.08 Å². The van der Waals surface area contributed by atoms with Crippen LogP contribution >= 0.6 is 0 Å². The van der Waals surface area contributed by atoms with Crippen molar-refractivity contribution in [3.63, 3.8) is 0 Å². The molecule has 0 aliphatic rings. The van der Waals surface area contributed by atoms with Crippen molar-refractivity contribution < 1.29 is 14.3 Å². The summed E-state index contributed by atoms with van der Waals surface area (Å²) < 4.78 is 5.06. The van der Waals surface area contributed by atoms with Crippen molar-refractivity contribution in [1.29, 1.82) is 0 Å². The van der Waals surface area contributed by atoms with Gasteiger partial charge in [-0.15, -0.1) is 0 Å². The molecule has 0 unspecified atom stereocenters. The molecule has 0 fully saturated rings. The zero-order valence-corrected chi connectivity index (χ0v) is 7.27. The van der Waals surface area contributed by atoms with E-state index in [0.29, 0.717) is 6.42 Å². The van der Waals surface area contributed by atoms with Crippen LogP contribution < -0.4 is 0 Å². The Labute approximate surface area is 76.7 Å². The van der Waals surface area contributed by atoms with Crippen molar-refractivity contribution in [3.05, 3.63) is 30.2 Å². The summed E-state index contributed by atoms with van der Waals surface area (Å²) in [5.41, 5.74) is 0. The maximum Gasteiger partial charge on any atom is 0.303 e. The van der Waals surface area contributed by atoms with E-state index in [1.807, 2.05) is 24.3 Å². The molecule has 0 saturated carbocycles. The minimum Gasteiger partial charge on any atom is -0.481 e. The highest BCUT2D eigenvalue weighted by molar-refractivity contribution is 5.66. The lowest BCUT2D eigenvalue weighted by molar-refractivity contribution is -0.137. The SMILES string of the molecule is O=C(O)CCC/C=C/c1ccco1. The van der Waals surface area contributed by atoms with Crippen molar-refractivity contribution in [2.75, 3.05) is 0 Å². The van der Waals surface area contributed by atoms with Crippen molar-refractivity contribution in [3.8, 4) is 0 Å². The number of allylic oxidation sites excluding steroid dienone is 1. The van der Waals surface area contributed by atoms with Gasteiger partial charge in [-0.3, -0.25) is 4.79 Å². The quantitative estimate of drug-likeness (QED) is 0.708. The molecule has 0 spiro atoms. The zero-order chi connectivity index (χ0) is 9.52. The lowest BCUT2D eigenvalue weighted by atomic mass is 10.2. The normalized spacial score (nSPS) is 10.8. The molecule has 1 heterocycles. The molecule has 1 rings (SSSR count). The molecule has 0 aromatic carbocycles. The van der Waals surface area contributed by atoms with Crippen LogP contribution in [0.2, 0.25) is 0 Å². The smallest absolute Gasteiger partial charge is 0.303 e. The first-order valence-corrected chi connectivity index (χ1v) is 4.21. The third-order valence-corrected chi connectivity index (χ3v) is 1.59. The van der Waals surface area contributed by atoms with Crippen LogP contribution in [0, 0.1) is 0 Å². The van der Waals surface area contributed by atoms with Crippen molar-refractivity contribution in [2.45, 2.75) is 19.3 Å². The van der Waals surface area contributed by atoms with E-state index in [9.17, 15) is 4.79 Å². The number of carbonyl (C=O) groups is 1. The molecule has 1 aromatic heterocycles. The lowest BCUT2D eigenvalue weighted by Crippen LogP contribution is -1.92. The van der Waals surface area contributed by atoms with Gasteiger partial charge in [-0.2, -0.15) is 0 Å². The maximum atomic E-state index is 10.1. The number of rotatable bonds is 5. The predicted molar refractivity (Wildman–Crippen MR) is 49.2 cm³/mol. The fourth-order valence-corrected chi connectivity index (χ4v) is 0.957. The number of hydrogen-bond acceptors (Lipinski definition) is 2. The highest BCUT2D eigenvalue weighted by Gasteiger charge is 1.93. The molecule has 0 atom stereocenters. The Hall–Kier alpha value is -1.51. The standard InChI is InChI=1S/C10H12O3/c11-10(12)7-3-1-2-5-9-6-4-8-13-9/h2,4-6,8H,1,3,7H2,(H,11,12)/b5-2+. The third kappa shape index (κ3) is 4.15. The lowest BCUT2D eigenvalue weighted by Gasteiger charge is -1.89. The van der Waals surface area contributed by atoms with E-state index in [2.05, 4.69) is 0 Å². The monoisotopic (exact) mass is 180 g/mol. The fraction of sp³-hybridized carbons (Fsp3) is 0.300. The van der Waals surface area contributed by atoms with Gasteiger partial charge in [0, 0.05) is 6.42 Å². The van der Waals surface area contributed by atoms with E-state index in [4.69, 9.17) is 9.52 Å². The van der Waals surface area contributed by atoms with Gasteiger partial charge in [-0.05, 0) is 31.1 Å². The van der Waals surface area contributed by atoms with Crippen LogP contribution in [0.5, 0.6) is 0 Å². The summed E-state index contributed by atoms with van der Waals surface area (Å²) in [6.07, 6.45) is 7.04. The molecule has 0 aliphatic heterocycles. The molecule has 0 bridgehead atoms. The number of aliphatic carboxylic acids is 1. The highest BCUT2D eigenvalue weighted by atomic mass is 16.4. The summed E-state index contributed by atoms with van der Waals surface area (Å²) in [7, 11) is 0. The Bertz CT molecular complexity index is 272. The molecule has 0 radical (unpaired) electrons. The number of carboxylic acids is 1. The molecule has 70 valence electrons. The molecule has 0 amide bonds. The maximum absolute atomic E-state index is 10.1. The van der Waals surface area contributed by atoms with E-state index >= 15 is 0 Å². The van der Waals surface area contributed by atoms with Crippen LogP contribution in [-0.4, -0.2) is 11.1 Å². The third-order valence-electron chi connectivity index (χ3n) is 1.59. The van der Waals surface area contributed by atoms with Gasteiger partial charge in [-0.1, -0.05) is 6.08 Å². The first-order valence-electron chi connectivity index (χ1n) is 4.21. The summed E-state index contributed by atoms with van der Waals surface area (Å²) in [5, 5.41) is 8.35. The Morgan fingerprint density at radius 2 is 2.46 bits per heavy atom. The van der Waals surface area contributed by atoms with E-state index in [0.717, 1.165) is 12.2 Å². The average molecular weight is 180 g/mol. The van der Waals surface area contributed by atoms with Gasteiger partial charge < -0.3 is 9.52 Å². The molecular formula is C10H12O3. The zero-order valence-electron chi connectivity index (χ0n) is 7.27. The molecule has 0 aliphatic carbocycles. The Balaban J connectivity index is 2.16. The van der Waals surface area contributed by atoms with Crippen LogP contribution in [0.15, 0.2) is 28.9 Å². The van der Waals surface area contributed by atoms with Gasteiger partial charge in [0.1, 0.15) is 5.76 Å². The molecule has 1 N–H and O–H groups in total. The molecule has 1 aromatic rings. The fourth-order valence-electron chi connectivity index (χ4n) is 0.957. The summed E-state index contributed by atoms with van der Waals surface area (Å²) >= 11 is 0. The second-order valence-electron chi connectivity index (χ2n) is 2.70. The van der Waals surface area contributed by atoms with Crippen molar-refractivity contribution in [1.82, 2.24) is 0 Å². The minimum absolute atomic E-state index is 0.225. The van der Waals surface area contributed by atoms with Crippen LogP contribution in [0.3, 0.4) is 0 Å². The minimum atomic E-state index is -0.744. The van der Waals surface area contributed by atoms with E-state index < -0.39 is 5.97 Å². The van der Waals surface area contributed by atoms with Crippen molar-refractivity contribution >= 4 is 12.0 Å². The van der Waals surface area contributed by atoms with Gasteiger partial charge in [0.05, 0.1) is 6.26 Å². The topological polar surface area (TPSA) is 50.4 Å². The van der Waals surface area contributed by atoms with Crippen molar-refractivity contribution in [2.24, 2.45) is 0 Å². The number of carboxylic acid groups (broad SMARTS) is 1. The predicted octanol–water partition coefficient (Wildman–Crippen LogP) is 2.55. The second kappa shape index (κ2) is 5.19. The number of unbranched alkanes of at least 4 members (excludes halogenated alkanes) is 1. The summed E-state index contributed by atoms with van der Waals surface area (Å²) in [6, 6.07) is 3.67. The van der Waals surface area contributed by atoms with Crippen LogP contribution in [0.1, 0.15) is 25.0 Å². The van der Waals surface area contributed by atoms with E-state index in [1.165, 1.54) is 0 Å². The molecule has 3 heteroatoms. The summed E-state index contributed by atoms with van der Waals surface area (Å²) in [4.78, 5) is 10.1. The van der Waals surface area contributed by atoms with Gasteiger partial charge in [0.15, 0.2) is 0 Å². The molecule has 3 nitrogen and oxygen atoms in total. The first kappa shape index (κ1) is 9.58. The highest BCUT2D eigenvalue weighted by Crippen LogP contribution is 2.04. The Morgan fingerprint density at radius 3 is 3.08 bits per heavy atom. The van der Waals surface area contributed by atoms with Crippen LogP contribution in [0.4, 0.5) is 0 Å². The summed E-state index contributed by atoms with van der Waals surface area (Å²) in [6.45, 7) is 0. The van der Waals surface area contributed by atoms with Gasteiger partial charge in [0.25, 0.3) is 0 Å². The average Bonchev–Trinajstić information content (AvgIpc) is 2.55. The van der Waals surface area contributed by atoms with Gasteiger partial charge >= 0.3 is 5.97 Å². The van der Waals surface area contributed by atoms with Gasteiger partial charge in [0.2, 0.25) is 0 Å². The molecule has 13 heavy (non-hydrogen) atoms. The number of hydrogen-bond donors (Lipinski definition) is 1.